The lowest BCUT2D eigenvalue weighted by atomic mass is 9.91. The SMILES string of the molecule is CCC(C)C(=N)c1c(C)ccc(N)c1N. The summed E-state index contributed by atoms with van der Waals surface area (Å²) in [5, 5.41) is 8.08. The van der Waals surface area contributed by atoms with Crippen LogP contribution in [0.25, 0.3) is 0 Å². The van der Waals surface area contributed by atoms with Gasteiger partial charge in [0.05, 0.1) is 11.4 Å². The summed E-state index contributed by atoms with van der Waals surface area (Å²) in [5.74, 6) is 0.216. The van der Waals surface area contributed by atoms with Gasteiger partial charge in [0.1, 0.15) is 0 Å². The van der Waals surface area contributed by atoms with Crippen LogP contribution in [0.5, 0.6) is 0 Å². The van der Waals surface area contributed by atoms with E-state index in [0.29, 0.717) is 17.1 Å². The predicted octanol–water partition coefficient (Wildman–Crippen LogP) is 2.57. The molecule has 1 atom stereocenters. The van der Waals surface area contributed by atoms with Gasteiger partial charge in [-0.2, -0.15) is 0 Å². The first-order chi connectivity index (χ1) is 6.99. The molecule has 0 amide bonds. The molecule has 0 aliphatic rings. The minimum atomic E-state index is 0.216. The Hall–Kier alpha value is -1.51. The third-order valence-electron chi connectivity index (χ3n) is 2.86. The van der Waals surface area contributed by atoms with Crippen LogP contribution in [-0.2, 0) is 0 Å². The summed E-state index contributed by atoms with van der Waals surface area (Å²) < 4.78 is 0. The van der Waals surface area contributed by atoms with E-state index in [0.717, 1.165) is 17.5 Å². The molecule has 0 radical (unpaired) electrons. The van der Waals surface area contributed by atoms with E-state index in [1.54, 1.807) is 6.07 Å². The summed E-state index contributed by atoms with van der Waals surface area (Å²) >= 11 is 0. The highest BCUT2D eigenvalue weighted by atomic mass is 14.7. The number of hydrogen-bond acceptors (Lipinski definition) is 3. The second-order valence-corrected chi connectivity index (χ2v) is 3.98. The van der Waals surface area contributed by atoms with Gasteiger partial charge in [-0.05, 0) is 30.9 Å². The number of nitrogens with two attached hydrogens (primary N) is 2. The van der Waals surface area contributed by atoms with E-state index >= 15 is 0 Å². The molecule has 3 nitrogen and oxygen atoms in total. The molecule has 0 saturated carbocycles. The largest absolute Gasteiger partial charge is 0.397 e. The Morgan fingerprint density at radius 1 is 1.40 bits per heavy atom. The van der Waals surface area contributed by atoms with Crippen molar-refractivity contribution < 1.29 is 0 Å². The Morgan fingerprint density at radius 3 is 2.53 bits per heavy atom. The minimum Gasteiger partial charge on any atom is -0.397 e. The molecule has 0 saturated heterocycles. The molecule has 0 heterocycles. The van der Waals surface area contributed by atoms with Gasteiger partial charge in [0.2, 0.25) is 0 Å². The van der Waals surface area contributed by atoms with Gasteiger partial charge in [-0.15, -0.1) is 0 Å². The summed E-state index contributed by atoms with van der Waals surface area (Å²) in [7, 11) is 0. The van der Waals surface area contributed by atoms with E-state index in [-0.39, 0.29) is 5.92 Å². The zero-order chi connectivity index (χ0) is 11.6. The molecule has 5 N–H and O–H groups in total. The monoisotopic (exact) mass is 205 g/mol. The molecule has 0 aromatic heterocycles. The van der Waals surface area contributed by atoms with Gasteiger partial charge in [-0.1, -0.05) is 19.9 Å². The zero-order valence-electron chi connectivity index (χ0n) is 9.59. The molecule has 0 aliphatic heterocycles. The summed E-state index contributed by atoms with van der Waals surface area (Å²) in [6.07, 6.45) is 0.937. The standard InChI is InChI=1S/C12H19N3/c1-4-7(2)11(14)10-8(3)5-6-9(13)12(10)15/h5-7,14H,4,13,15H2,1-3H3. The first kappa shape index (κ1) is 11.6. The Balaban J connectivity index is 3.24. The molecular weight excluding hydrogens is 186 g/mol. The van der Waals surface area contributed by atoms with E-state index in [1.165, 1.54) is 0 Å². The quantitative estimate of drug-likeness (QED) is 0.524. The number of nitrogen functional groups attached to an aromatic ring is 2. The lowest BCUT2D eigenvalue weighted by Crippen LogP contribution is -2.15. The highest BCUT2D eigenvalue weighted by Gasteiger charge is 2.15. The van der Waals surface area contributed by atoms with Crippen molar-refractivity contribution in [2.75, 3.05) is 11.5 Å². The van der Waals surface area contributed by atoms with Crippen molar-refractivity contribution in [1.29, 1.82) is 5.41 Å². The normalized spacial score (nSPS) is 12.5. The maximum atomic E-state index is 8.08. The Kier molecular flexibility index (Phi) is 3.35. The number of hydrogen-bond donors (Lipinski definition) is 3. The molecule has 1 rings (SSSR count). The maximum Gasteiger partial charge on any atom is 0.0642 e. The first-order valence-corrected chi connectivity index (χ1v) is 5.22. The molecule has 1 aromatic rings. The Labute approximate surface area is 91.0 Å². The van der Waals surface area contributed by atoms with Crippen LogP contribution in [0, 0.1) is 18.3 Å². The summed E-state index contributed by atoms with van der Waals surface area (Å²) in [6, 6.07) is 3.70. The average Bonchev–Trinajstić information content (AvgIpc) is 2.22. The first-order valence-electron chi connectivity index (χ1n) is 5.22. The fraction of sp³-hybridized carbons (Fsp3) is 0.417. The van der Waals surface area contributed by atoms with Crippen molar-refractivity contribution in [2.45, 2.75) is 27.2 Å². The smallest absolute Gasteiger partial charge is 0.0642 e. The van der Waals surface area contributed by atoms with Crippen molar-refractivity contribution in [3.8, 4) is 0 Å². The van der Waals surface area contributed by atoms with Crippen molar-refractivity contribution >= 4 is 17.1 Å². The van der Waals surface area contributed by atoms with Gasteiger partial charge >= 0.3 is 0 Å². The number of nitrogens with one attached hydrogen (secondary N) is 1. The molecular formula is C12H19N3. The Morgan fingerprint density at radius 2 is 2.00 bits per heavy atom. The number of benzene rings is 1. The fourth-order valence-corrected chi connectivity index (χ4v) is 1.55. The second kappa shape index (κ2) is 4.34. The molecule has 0 bridgehead atoms. The molecule has 0 fully saturated rings. The average molecular weight is 205 g/mol. The maximum absolute atomic E-state index is 8.08. The zero-order valence-corrected chi connectivity index (χ0v) is 9.59. The van der Waals surface area contributed by atoms with Crippen LogP contribution in [0.2, 0.25) is 0 Å². The van der Waals surface area contributed by atoms with Crippen molar-refractivity contribution in [3.05, 3.63) is 23.3 Å². The number of aryl methyl sites for hydroxylation is 1. The van der Waals surface area contributed by atoms with Crippen molar-refractivity contribution in [2.24, 2.45) is 5.92 Å². The lowest BCUT2D eigenvalue weighted by molar-refractivity contribution is 0.736. The van der Waals surface area contributed by atoms with Gasteiger partial charge in [0.15, 0.2) is 0 Å². The molecule has 15 heavy (non-hydrogen) atoms. The van der Waals surface area contributed by atoms with Crippen LogP contribution >= 0.6 is 0 Å². The van der Waals surface area contributed by atoms with E-state index in [4.69, 9.17) is 16.9 Å². The number of anilines is 2. The molecule has 82 valence electrons. The van der Waals surface area contributed by atoms with Crippen LogP contribution < -0.4 is 11.5 Å². The lowest BCUT2D eigenvalue weighted by Gasteiger charge is -2.16. The van der Waals surface area contributed by atoms with Crippen molar-refractivity contribution in [1.82, 2.24) is 0 Å². The summed E-state index contributed by atoms with van der Waals surface area (Å²) in [4.78, 5) is 0. The second-order valence-electron chi connectivity index (χ2n) is 3.98. The summed E-state index contributed by atoms with van der Waals surface area (Å²) in [5.41, 5.74) is 15.2. The topological polar surface area (TPSA) is 75.9 Å². The van der Waals surface area contributed by atoms with Gasteiger partial charge < -0.3 is 16.9 Å². The molecule has 0 aliphatic carbocycles. The van der Waals surface area contributed by atoms with Crippen LogP contribution in [0.4, 0.5) is 11.4 Å². The minimum absolute atomic E-state index is 0.216. The predicted molar refractivity (Wildman–Crippen MR) is 66.3 cm³/mol. The van der Waals surface area contributed by atoms with E-state index in [9.17, 15) is 0 Å². The van der Waals surface area contributed by atoms with E-state index in [1.807, 2.05) is 19.9 Å². The van der Waals surface area contributed by atoms with Crippen LogP contribution in [-0.4, -0.2) is 5.71 Å². The van der Waals surface area contributed by atoms with Crippen LogP contribution in [0.3, 0.4) is 0 Å². The molecule has 1 unspecified atom stereocenters. The molecule has 0 spiro atoms. The third kappa shape index (κ3) is 2.12. The van der Waals surface area contributed by atoms with E-state index in [2.05, 4.69) is 6.92 Å². The molecule has 1 aromatic carbocycles. The fourth-order valence-electron chi connectivity index (χ4n) is 1.55. The number of rotatable bonds is 3. The third-order valence-corrected chi connectivity index (χ3v) is 2.86. The Bertz CT molecular complexity index is 383. The summed E-state index contributed by atoms with van der Waals surface area (Å²) in [6.45, 7) is 6.06. The highest BCUT2D eigenvalue weighted by molar-refractivity contribution is 6.07. The van der Waals surface area contributed by atoms with Crippen molar-refractivity contribution in [3.63, 3.8) is 0 Å². The van der Waals surface area contributed by atoms with Gasteiger partial charge in [-0.3, -0.25) is 0 Å². The van der Waals surface area contributed by atoms with Gasteiger partial charge in [0.25, 0.3) is 0 Å². The van der Waals surface area contributed by atoms with Gasteiger partial charge in [-0.25, -0.2) is 0 Å². The highest BCUT2D eigenvalue weighted by Crippen LogP contribution is 2.26. The van der Waals surface area contributed by atoms with E-state index < -0.39 is 0 Å². The van der Waals surface area contributed by atoms with Crippen LogP contribution in [0.1, 0.15) is 31.4 Å². The molecule has 3 heteroatoms. The van der Waals surface area contributed by atoms with Crippen LogP contribution in [0.15, 0.2) is 12.1 Å². The van der Waals surface area contributed by atoms with Gasteiger partial charge in [0, 0.05) is 11.3 Å².